The Morgan fingerprint density at radius 2 is 1.97 bits per heavy atom. The second-order valence-corrected chi connectivity index (χ2v) is 8.50. The summed E-state index contributed by atoms with van der Waals surface area (Å²) in [7, 11) is 0. The lowest BCUT2D eigenvalue weighted by atomic mass is 10.1. The lowest BCUT2D eigenvalue weighted by Gasteiger charge is -2.26. The van der Waals surface area contributed by atoms with Gasteiger partial charge in [0.15, 0.2) is 0 Å². The van der Waals surface area contributed by atoms with Crippen molar-refractivity contribution in [2.75, 3.05) is 17.2 Å². The quantitative estimate of drug-likeness (QED) is 0.606. The van der Waals surface area contributed by atoms with Crippen LogP contribution in [0.15, 0.2) is 53.8 Å². The molecule has 0 bridgehead atoms. The second-order valence-electron chi connectivity index (χ2n) is 7.36. The molecule has 5 N–H and O–H groups in total. The van der Waals surface area contributed by atoms with E-state index in [4.69, 9.17) is 11.5 Å². The first-order valence-corrected chi connectivity index (χ1v) is 10.7. The number of H-pyrrole nitrogens is 1. The molecule has 0 atom stereocenters. The summed E-state index contributed by atoms with van der Waals surface area (Å²) in [5.41, 5.74) is 17.1. The Labute approximate surface area is 174 Å². The number of thioether (sulfide) groups is 1. The lowest BCUT2D eigenvalue weighted by Crippen LogP contribution is -2.27. The normalized spacial score (nSPS) is 16.2. The number of nitrogens with zero attached hydrogens (tertiary/aromatic N) is 2. The number of anilines is 1. The van der Waals surface area contributed by atoms with Crippen molar-refractivity contribution in [3.63, 3.8) is 0 Å². The zero-order valence-electron chi connectivity index (χ0n) is 16.4. The number of aryl methyl sites for hydroxylation is 1. The summed E-state index contributed by atoms with van der Waals surface area (Å²) in [5, 5.41) is 1.09. The van der Waals surface area contributed by atoms with Gasteiger partial charge in [0.1, 0.15) is 5.65 Å². The number of carbonyl (C=O) groups excluding carboxylic acids is 1. The van der Waals surface area contributed by atoms with Crippen molar-refractivity contribution in [1.29, 1.82) is 0 Å². The maximum Gasteiger partial charge on any atom is 0.256 e. The largest absolute Gasteiger partial charge is 0.365 e. The van der Waals surface area contributed by atoms with Gasteiger partial charge in [0, 0.05) is 42.3 Å². The summed E-state index contributed by atoms with van der Waals surface area (Å²) in [6.45, 7) is 2.90. The number of amides is 1. The molecule has 1 aliphatic heterocycles. The highest BCUT2D eigenvalue weighted by molar-refractivity contribution is 8.04. The van der Waals surface area contributed by atoms with Gasteiger partial charge in [-0.25, -0.2) is 4.98 Å². The van der Waals surface area contributed by atoms with Crippen LogP contribution in [0.4, 0.5) is 5.69 Å². The van der Waals surface area contributed by atoms with Crippen LogP contribution in [0.25, 0.3) is 11.0 Å². The summed E-state index contributed by atoms with van der Waals surface area (Å²) in [4.78, 5) is 21.4. The third kappa shape index (κ3) is 4.16. The van der Waals surface area contributed by atoms with E-state index in [0.29, 0.717) is 10.9 Å². The fraction of sp³-hybridized carbons (Fsp3) is 0.273. The van der Waals surface area contributed by atoms with Crippen LogP contribution in [-0.4, -0.2) is 34.2 Å². The molecular formula is C22H25N5OS. The van der Waals surface area contributed by atoms with Crippen molar-refractivity contribution >= 4 is 34.4 Å². The molecular weight excluding hydrogens is 382 g/mol. The molecule has 2 aromatic heterocycles. The number of hydrogen-bond donors (Lipinski definition) is 3. The van der Waals surface area contributed by atoms with Crippen molar-refractivity contribution in [2.45, 2.75) is 25.8 Å². The SMILES string of the molecule is Cc1c[nH]c2nccc(N3C=C(C(N)=O)SCC3)c12.NC1Cc2ccccc2C1. The number of benzene rings is 1. The molecule has 6 nitrogen and oxygen atoms in total. The molecule has 1 aliphatic carbocycles. The Bertz CT molecular complexity index is 1050. The molecule has 3 aromatic rings. The molecule has 0 saturated heterocycles. The minimum Gasteiger partial charge on any atom is -0.365 e. The van der Waals surface area contributed by atoms with Crippen LogP contribution < -0.4 is 16.4 Å². The minimum atomic E-state index is -0.370. The highest BCUT2D eigenvalue weighted by Crippen LogP contribution is 2.32. The van der Waals surface area contributed by atoms with E-state index in [-0.39, 0.29) is 5.91 Å². The standard InChI is InChI=1S/C13H14N4OS.C9H11N/c1-8-6-16-13-11(8)9(2-3-15-13)17-4-5-19-10(7-17)12(14)18;10-9-5-7-3-1-2-4-8(7)6-9/h2-3,6-7H,4-5H2,1H3,(H2,14,18)(H,15,16);1-4,9H,5-6,10H2. The van der Waals surface area contributed by atoms with Gasteiger partial charge in [-0.05, 0) is 42.5 Å². The molecule has 1 aromatic carbocycles. The van der Waals surface area contributed by atoms with E-state index in [0.717, 1.165) is 47.4 Å². The average molecular weight is 408 g/mol. The number of rotatable bonds is 2. The Hall–Kier alpha value is -2.77. The van der Waals surface area contributed by atoms with Gasteiger partial charge in [0.05, 0.1) is 10.6 Å². The van der Waals surface area contributed by atoms with Crippen LogP contribution in [0.5, 0.6) is 0 Å². The summed E-state index contributed by atoms with van der Waals surface area (Å²) in [6, 6.07) is 10.8. The van der Waals surface area contributed by atoms with Gasteiger partial charge in [0.25, 0.3) is 5.91 Å². The van der Waals surface area contributed by atoms with E-state index in [2.05, 4.69) is 39.1 Å². The topological polar surface area (TPSA) is 101 Å². The summed E-state index contributed by atoms with van der Waals surface area (Å²) >= 11 is 1.50. The molecule has 29 heavy (non-hydrogen) atoms. The van der Waals surface area contributed by atoms with Gasteiger partial charge in [-0.2, -0.15) is 0 Å². The maximum absolute atomic E-state index is 11.3. The highest BCUT2D eigenvalue weighted by Gasteiger charge is 2.19. The van der Waals surface area contributed by atoms with Crippen LogP contribution >= 0.6 is 11.8 Å². The van der Waals surface area contributed by atoms with E-state index in [1.807, 2.05) is 25.4 Å². The Morgan fingerprint density at radius 1 is 1.24 bits per heavy atom. The van der Waals surface area contributed by atoms with Crippen molar-refractivity contribution in [3.05, 3.63) is 70.5 Å². The Balaban J connectivity index is 0.000000171. The summed E-state index contributed by atoms with van der Waals surface area (Å²) in [5.74, 6) is 0.480. The van der Waals surface area contributed by atoms with Crippen LogP contribution in [-0.2, 0) is 17.6 Å². The molecule has 3 heterocycles. The number of pyridine rings is 1. The van der Waals surface area contributed by atoms with Crippen LogP contribution in [0.2, 0.25) is 0 Å². The van der Waals surface area contributed by atoms with Crippen molar-refractivity contribution in [1.82, 2.24) is 9.97 Å². The molecule has 0 saturated carbocycles. The fourth-order valence-corrected chi connectivity index (χ4v) is 4.70. The van der Waals surface area contributed by atoms with Gasteiger partial charge < -0.3 is 21.4 Å². The average Bonchev–Trinajstić information content (AvgIpc) is 3.30. The molecule has 0 radical (unpaired) electrons. The zero-order chi connectivity index (χ0) is 20.4. The number of hydrogen-bond acceptors (Lipinski definition) is 5. The molecule has 5 rings (SSSR count). The zero-order valence-corrected chi connectivity index (χ0v) is 17.2. The number of carbonyl (C=O) groups is 1. The van der Waals surface area contributed by atoms with Gasteiger partial charge in [0.2, 0.25) is 0 Å². The number of aromatic amines is 1. The number of nitrogens with one attached hydrogen (secondary N) is 1. The van der Waals surface area contributed by atoms with E-state index < -0.39 is 0 Å². The first-order chi connectivity index (χ1) is 14.0. The van der Waals surface area contributed by atoms with E-state index in [1.165, 1.54) is 22.9 Å². The van der Waals surface area contributed by atoms with Crippen molar-refractivity contribution < 1.29 is 4.79 Å². The molecule has 1 amide bonds. The second kappa shape index (κ2) is 8.31. The monoisotopic (exact) mass is 407 g/mol. The van der Waals surface area contributed by atoms with Crippen molar-refractivity contribution in [2.24, 2.45) is 11.5 Å². The molecule has 0 spiro atoms. The first-order valence-electron chi connectivity index (χ1n) is 9.69. The predicted octanol–water partition coefficient (Wildman–Crippen LogP) is 2.86. The molecule has 0 unspecified atom stereocenters. The van der Waals surface area contributed by atoms with E-state index in [9.17, 15) is 4.79 Å². The first kappa shape index (κ1) is 19.5. The highest BCUT2D eigenvalue weighted by atomic mass is 32.2. The fourth-order valence-electron chi connectivity index (χ4n) is 3.85. The molecule has 150 valence electrons. The van der Waals surface area contributed by atoms with Crippen LogP contribution in [0, 0.1) is 6.92 Å². The van der Waals surface area contributed by atoms with Gasteiger partial charge in [-0.3, -0.25) is 4.79 Å². The maximum atomic E-state index is 11.3. The Kier molecular flexibility index (Phi) is 5.60. The van der Waals surface area contributed by atoms with Gasteiger partial charge in [-0.1, -0.05) is 24.3 Å². The van der Waals surface area contributed by atoms with Crippen LogP contribution in [0.3, 0.4) is 0 Å². The summed E-state index contributed by atoms with van der Waals surface area (Å²) < 4.78 is 0. The third-order valence-electron chi connectivity index (χ3n) is 5.25. The lowest BCUT2D eigenvalue weighted by molar-refractivity contribution is -0.113. The predicted molar refractivity (Wildman–Crippen MR) is 120 cm³/mol. The number of fused-ring (bicyclic) bond motifs is 2. The molecule has 7 heteroatoms. The third-order valence-corrected chi connectivity index (χ3v) is 6.25. The molecule has 0 fully saturated rings. The number of aromatic nitrogens is 2. The Morgan fingerprint density at radius 3 is 2.66 bits per heavy atom. The van der Waals surface area contributed by atoms with Crippen molar-refractivity contribution in [3.8, 4) is 0 Å². The smallest absolute Gasteiger partial charge is 0.256 e. The van der Waals surface area contributed by atoms with E-state index >= 15 is 0 Å². The van der Waals surface area contributed by atoms with Crippen LogP contribution in [0.1, 0.15) is 16.7 Å². The number of nitrogens with two attached hydrogens (primary N) is 2. The van der Waals surface area contributed by atoms with Gasteiger partial charge in [-0.15, -0.1) is 11.8 Å². The summed E-state index contributed by atoms with van der Waals surface area (Å²) in [6.07, 6.45) is 7.68. The van der Waals surface area contributed by atoms with E-state index in [1.54, 1.807) is 6.20 Å². The minimum absolute atomic E-state index is 0.370. The molecule has 2 aliphatic rings. The van der Waals surface area contributed by atoms with Gasteiger partial charge >= 0.3 is 0 Å². The number of primary amides is 1.